The molecule has 1 aromatic heterocycles. The van der Waals surface area contributed by atoms with Gasteiger partial charge in [-0.05, 0) is 87.4 Å². The van der Waals surface area contributed by atoms with Crippen molar-refractivity contribution in [1.29, 1.82) is 0 Å². The minimum atomic E-state index is -4.37. The fourth-order valence-corrected chi connectivity index (χ4v) is 8.50. The molecule has 1 unspecified atom stereocenters. The summed E-state index contributed by atoms with van der Waals surface area (Å²) in [6.07, 6.45) is -2.14. The maximum absolute atomic E-state index is 13.0. The van der Waals surface area contributed by atoms with Gasteiger partial charge in [-0.2, -0.15) is 23.2 Å². The average molecular weight is 540 g/mol. The van der Waals surface area contributed by atoms with Crippen molar-refractivity contribution >= 4 is 27.3 Å². The van der Waals surface area contributed by atoms with E-state index in [0.29, 0.717) is 16.3 Å². The second-order valence-corrected chi connectivity index (χ2v) is 14.0. The fraction of sp³-hybridized carbons (Fsp3) is 0.407. The first-order valence-corrected chi connectivity index (χ1v) is 14.6. The highest BCUT2D eigenvalue weighted by molar-refractivity contribution is 8.34. The van der Waals surface area contributed by atoms with Crippen LogP contribution < -0.4 is 4.74 Å². The number of alkyl halides is 3. The van der Waals surface area contributed by atoms with Gasteiger partial charge in [0.05, 0.1) is 22.1 Å². The maximum atomic E-state index is 13.0. The minimum absolute atomic E-state index is 0.282. The Morgan fingerprint density at radius 3 is 2.22 bits per heavy atom. The molecule has 36 heavy (non-hydrogen) atoms. The highest BCUT2D eigenvalue weighted by Crippen LogP contribution is 2.63. The third kappa shape index (κ3) is 5.72. The molecule has 0 aliphatic rings. The van der Waals surface area contributed by atoms with Crippen molar-refractivity contribution < 1.29 is 27.4 Å². The van der Waals surface area contributed by atoms with E-state index in [2.05, 4.69) is 19.2 Å². The Kier molecular flexibility index (Phi) is 8.15. The molecular formula is C27H32F3NO3S2. The quantitative estimate of drug-likeness (QED) is 0.272. The van der Waals surface area contributed by atoms with Crippen molar-refractivity contribution in [3.63, 3.8) is 0 Å². The number of thiazole rings is 1. The van der Waals surface area contributed by atoms with Gasteiger partial charge in [-0.1, -0.05) is 19.1 Å². The van der Waals surface area contributed by atoms with E-state index in [9.17, 15) is 18.0 Å². The second kappa shape index (κ2) is 10.5. The Balaban J connectivity index is 1.94. The van der Waals surface area contributed by atoms with Crippen LogP contribution in [0.2, 0.25) is 0 Å². The van der Waals surface area contributed by atoms with E-state index in [-0.39, 0.29) is 6.61 Å². The molecule has 3 rings (SSSR count). The molecule has 0 N–H and O–H groups in total. The van der Waals surface area contributed by atoms with Crippen molar-refractivity contribution in [1.82, 2.24) is 4.98 Å². The molecule has 0 radical (unpaired) electrons. The van der Waals surface area contributed by atoms with Crippen LogP contribution >= 0.6 is 21.4 Å². The van der Waals surface area contributed by atoms with E-state index in [0.717, 1.165) is 38.2 Å². The third-order valence-corrected chi connectivity index (χ3v) is 11.9. The summed E-state index contributed by atoms with van der Waals surface area (Å²) in [6.45, 7) is 11.4. The number of hydrogen-bond acceptors (Lipinski definition) is 5. The number of halogens is 3. The maximum Gasteiger partial charge on any atom is 0.416 e. The lowest BCUT2D eigenvalue weighted by atomic mass is 10.1. The number of esters is 1. The van der Waals surface area contributed by atoms with E-state index in [1.807, 2.05) is 26.0 Å². The summed E-state index contributed by atoms with van der Waals surface area (Å²) in [4.78, 5) is 18.1. The topological polar surface area (TPSA) is 48.4 Å². The van der Waals surface area contributed by atoms with Crippen LogP contribution in [0.15, 0.2) is 51.6 Å². The molecule has 0 spiro atoms. The van der Waals surface area contributed by atoms with Crippen LogP contribution in [-0.4, -0.2) is 35.2 Å². The van der Waals surface area contributed by atoms with Gasteiger partial charge >= 0.3 is 12.1 Å². The van der Waals surface area contributed by atoms with Gasteiger partial charge in [0.15, 0.2) is 5.60 Å². The highest BCUT2D eigenvalue weighted by atomic mass is 32.3. The standard InChI is InChI=1S/C27H32F3NO3S2/c1-8-33-25(32)26(5,6)34-22-15-14-21(16-17(22)3)36(7,9-2)24-18(4)31-23(35-24)19-10-12-20(13-11-19)27(28,29)30/h10-16H,8-9H2,1-7H3. The lowest BCUT2D eigenvalue weighted by Crippen LogP contribution is -2.39. The number of rotatable bonds is 8. The van der Waals surface area contributed by atoms with Gasteiger partial charge in [0.2, 0.25) is 0 Å². The normalized spacial score (nSPS) is 14.7. The molecule has 0 saturated heterocycles. The zero-order valence-electron chi connectivity index (χ0n) is 21.6. The van der Waals surface area contributed by atoms with Gasteiger partial charge in [0, 0.05) is 5.56 Å². The molecule has 2 aromatic carbocycles. The SMILES string of the molecule is CCOC(=O)C(C)(C)Oc1ccc(S(C)(CC)c2sc(-c3ccc(C(F)(F)F)cc3)nc2C)cc1C. The monoisotopic (exact) mass is 539 g/mol. The summed E-state index contributed by atoms with van der Waals surface area (Å²) < 4.78 is 51.2. The molecule has 196 valence electrons. The zero-order valence-corrected chi connectivity index (χ0v) is 23.2. The molecule has 1 heterocycles. The van der Waals surface area contributed by atoms with Gasteiger partial charge in [-0.25, -0.2) is 9.78 Å². The van der Waals surface area contributed by atoms with E-state index in [1.54, 1.807) is 20.8 Å². The Morgan fingerprint density at radius 1 is 1.06 bits per heavy atom. The summed E-state index contributed by atoms with van der Waals surface area (Å²) in [5.74, 6) is 1.06. The number of benzene rings is 2. The fourth-order valence-electron chi connectivity index (χ4n) is 3.77. The van der Waals surface area contributed by atoms with Gasteiger partial charge in [-0.15, -0.1) is 11.3 Å². The van der Waals surface area contributed by atoms with Crippen molar-refractivity contribution in [2.24, 2.45) is 0 Å². The summed E-state index contributed by atoms with van der Waals surface area (Å²) in [6, 6.07) is 11.1. The summed E-state index contributed by atoms with van der Waals surface area (Å²) in [7, 11) is -1.46. The molecule has 9 heteroatoms. The molecule has 0 aliphatic carbocycles. The van der Waals surface area contributed by atoms with E-state index in [1.165, 1.54) is 23.5 Å². The van der Waals surface area contributed by atoms with Crippen molar-refractivity contribution in [3.8, 4) is 16.3 Å². The molecule has 0 amide bonds. The van der Waals surface area contributed by atoms with Crippen LogP contribution in [0.5, 0.6) is 5.75 Å². The summed E-state index contributed by atoms with van der Waals surface area (Å²) in [5, 5.41) is 0.705. The molecule has 4 nitrogen and oxygen atoms in total. The van der Waals surface area contributed by atoms with E-state index < -0.39 is 33.3 Å². The molecular weight excluding hydrogens is 507 g/mol. The van der Waals surface area contributed by atoms with E-state index >= 15 is 0 Å². The zero-order chi connectivity index (χ0) is 26.9. The second-order valence-electron chi connectivity index (χ2n) is 9.10. The van der Waals surface area contributed by atoms with Crippen molar-refractivity contribution in [2.45, 2.75) is 62.4 Å². The summed E-state index contributed by atoms with van der Waals surface area (Å²) >= 11 is 1.53. The number of aromatic nitrogens is 1. The number of aryl methyl sites for hydroxylation is 2. The van der Waals surface area contributed by atoms with E-state index in [4.69, 9.17) is 14.5 Å². The Hall–Kier alpha value is -2.52. The number of carbonyl (C=O) groups excluding carboxylic acids is 1. The minimum Gasteiger partial charge on any atom is -0.476 e. The molecule has 3 aromatic rings. The Bertz CT molecular complexity index is 1240. The first-order chi connectivity index (χ1) is 16.7. The molecule has 0 saturated carbocycles. The number of carbonyl (C=O) groups is 1. The Labute approximate surface area is 216 Å². The van der Waals surface area contributed by atoms with Gasteiger partial charge in [0.25, 0.3) is 0 Å². The number of hydrogen-bond donors (Lipinski definition) is 0. The van der Waals surface area contributed by atoms with Gasteiger partial charge < -0.3 is 9.47 Å². The van der Waals surface area contributed by atoms with Crippen LogP contribution in [0.25, 0.3) is 10.6 Å². The van der Waals surface area contributed by atoms with Crippen LogP contribution in [0, 0.1) is 13.8 Å². The smallest absolute Gasteiger partial charge is 0.416 e. The molecule has 1 atom stereocenters. The first kappa shape index (κ1) is 28.1. The number of ether oxygens (including phenoxy) is 2. The van der Waals surface area contributed by atoms with Crippen LogP contribution in [0.4, 0.5) is 13.2 Å². The van der Waals surface area contributed by atoms with Crippen molar-refractivity contribution in [2.75, 3.05) is 18.6 Å². The highest BCUT2D eigenvalue weighted by Gasteiger charge is 2.33. The Morgan fingerprint density at radius 2 is 1.69 bits per heavy atom. The van der Waals surface area contributed by atoms with Crippen LogP contribution in [0.3, 0.4) is 0 Å². The average Bonchev–Trinajstić information content (AvgIpc) is 3.21. The lowest BCUT2D eigenvalue weighted by molar-refractivity contribution is -0.158. The summed E-state index contributed by atoms with van der Waals surface area (Å²) in [5.41, 5.74) is 0.667. The predicted octanol–water partition coefficient (Wildman–Crippen LogP) is 8.04. The molecule has 0 bridgehead atoms. The lowest BCUT2D eigenvalue weighted by Gasteiger charge is -2.35. The van der Waals surface area contributed by atoms with Crippen molar-refractivity contribution in [3.05, 3.63) is 59.3 Å². The molecule has 0 aliphatic heterocycles. The van der Waals surface area contributed by atoms with Crippen LogP contribution in [-0.2, 0) is 15.7 Å². The predicted molar refractivity (Wildman–Crippen MR) is 140 cm³/mol. The number of nitrogens with zero attached hydrogens (tertiary/aromatic N) is 1. The van der Waals surface area contributed by atoms with Gasteiger partial charge in [-0.3, -0.25) is 0 Å². The molecule has 0 fully saturated rings. The largest absolute Gasteiger partial charge is 0.476 e. The van der Waals surface area contributed by atoms with Crippen LogP contribution in [0.1, 0.15) is 44.5 Å². The first-order valence-electron chi connectivity index (χ1n) is 11.6. The third-order valence-electron chi connectivity index (χ3n) is 6.00. The van der Waals surface area contributed by atoms with Gasteiger partial charge in [0.1, 0.15) is 10.8 Å².